The summed E-state index contributed by atoms with van der Waals surface area (Å²) in [7, 11) is 3.48. The van der Waals surface area contributed by atoms with Gasteiger partial charge in [0.25, 0.3) is 5.69 Å². The second kappa shape index (κ2) is 8.05. The van der Waals surface area contributed by atoms with Crippen molar-refractivity contribution >= 4 is 11.4 Å². The number of nitro groups is 1. The summed E-state index contributed by atoms with van der Waals surface area (Å²) < 4.78 is 38.9. The Kier molecular flexibility index (Phi) is 6.02. The van der Waals surface area contributed by atoms with Gasteiger partial charge in [-0.15, -0.1) is 0 Å². The van der Waals surface area contributed by atoms with Crippen LogP contribution in [0, 0.1) is 21.4 Å². The topological polar surface area (TPSA) is 82.2 Å². The second-order valence-corrected chi connectivity index (χ2v) is 6.08. The van der Waals surface area contributed by atoms with E-state index in [4.69, 9.17) is 5.26 Å². The molecule has 0 spiro atoms. The fourth-order valence-corrected chi connectivity index (χ4v) is 2.63. The number of likely N-dealkylation sites (N-methyl/N-ethyl adjacent to an activating group) is 1. The molecule has 2 aromatic carbocycles. The quantitative estimate of drug-likeness (QED) is 0.602. The van der Waals surface area contributed by atoms with Gasteiger partial charge in [-0.25, -0.2) is 0 Å². The first-order valence-electron chi connectivity index (χ1n) is 7.89. The fraction of sp³-hybridized carbons (Fsp3) is 0.278. The van der Waals surface area contributed by atoms with Gasteiger partial charge in [-0.05, 0) is 43.9 Å². The summed E-state index contributed by atoms with van der Waals surface area (Å²) in [4.78, 5) is 12.0. The van der Waals surface area contributed by atoms with Crippen molar-refractivity contribution in [1.29, 1.82) is 5.26 Å². The third-order valence-corrected chi connectivity index (χ3v) is 4.04. The van der Waals surface area contributed by atoms with Gasteiger partial charge in [0.15, 0.2) is 0 Å². The molecule has 27 heavy (non-hydrogen) atoms. The molecule has 0 saturated heterocycles. The highest BCUT2D eigenvalue weighted by Crippen LogP contribution is 2.32. The van der Waals surface area contributed by atoms with Crippen LogP contribution < -0.4 is 5.32 Å². The summed E-state index contributed by atoms with van der Waals surface area (Å²) in [5, 5.41) is 23.0. The minimum Gasteiger partial charge on any atom is -0.383 e. The number of nitrogens with one attached hydrogen (secondary N) is 1. The molecule has 1 unspecified atom stereocenters. The predicted molar refractivity (Wildman–Crippen MR) is 94.2 cm³/mol. The summed E-state index contributed by atoms with van der Waals surface area (Å²) >= 11 is 0. The first kappa shape index (κ1) is 20.2. The van der Waals surface area contributed by atoms with Gasteiger partial charge in [-0.1, -0.05) is 12.1 Å². The lowest BCUT2D eigenvalue weighted by molar-refractivity contribution is -0.385. The highest BCUT2D eigenvalue weighted by atomic mass is 19.4. The third-order valence-electron chi connectivity index (χ3n) is 4.04. The number of nitro benzene ring substituents is 1. The van der Waals surface area contributed by atoms with Crippen LogP contribution in [0.2, 0.25) is 0 Å². The maximum Gasteiger partial charge on any atom is 0.416 e. The van der Waals surface area contributed by atoms with Crippen LogP contribution in [0.3, 0.4) is 0 Å². The summed E-state index contributed by atoms with van der Waals surface area (Å²) in [6.45, 7) is 0.247. The smallest absolute Gasteiger partial charge is 0.383 e. The Morgan fingerprint density at radius 1 is 1.26 bits per heavy atom. The highest BCUT2D eigenvalue weighted by molar-refractivity contribution is 5.58. The van der Waals surface area contributed by atoms with Crippen molar-refractivity contribution in [2.45, 2.75) is 12.2 Å². The first-order chi connectivity index (χ1) is 12.6. The lowest BCUT2D eigenvalue weighted by Gasteiger charge is -2.26. The van der Waals surface area contributed by atoms with Gasteiger partial charge in [0, 0.05) is 18.3 Å². The molecule has 0 heterocycles. The van der Waals surface area contributed by atoms with Crippen molar-refractivity contribution in [3.05, 3.63) is 69.3 Å². The maximum atomic E-state index is 13.0. The zero-order valence-corrected chi connectivity index (χ0v) is 14.6. The second-order valence-electron chi connectivity index (χ2n) is 6.08. The average molecular weight is 378 g/mol. The van der Waals surface area contributed by atoms with E-state index < -0.39 is 16.7 Å². The fourth-order valence-electron chi connectivity index (χ4n) is 2.63. The monoisotopic (exact) mass is 378 g/mol. The standard InChI is InChI=1S/C18H17F3N4O2/c1-24(2)17(12-4-3-5-14(8-12)18(19,20)21)11-23-15-6-7-16(25(26)27)13(9-15)10-22/h3-9,17,23H,11H2,1-2H3. The van der Waals surface area contributed by atoms with Crippen LogP contribution in [0.5, 0.6) is 0 Å². The van der Waals surface area contributed by atoms with E-state index in [1.165, 1.54) is 24.3 Å². The molecule has 1 atom stereocenters. The molecule has 0 aliphatic carbocycles. The molecule has 0 aromatic heterocycles. The van der Waals surface area contributed by atoms with Crippen molar-refractivity contribution in [3.63, 3.8) is 0 Å². The molecular weight excluding hydrogens is 361 g/mol. The molecule has 0 radical (unpaired) electrons. The molecular formula is C18H17F3N4O2. The Balaban J connectivity index is 2.24. The number of anilines is 1. The summed E-state index contributed by atoms with van der Waals surface area (Å²) in [6.07, 6.45) is -4.43. The highest BCUT2D eigenvalue weighted by Gasteiger charge is 2.31. The van der Waals surface area contributed by atoms with Crippen molar-refractivity contribution in [3.8, 4) is 6.07 Å². The molecule has 0 fully saturated rings. The average Bonchev–Trinajstić information content (AvgIpc) is 2.60. The maximum absolute atomic E-state index is 13.0. The number of hydrogen-bond donors (Lipinski definition) is 1. The summed E-state index contributed by atoms with van der Waals surface area (Å²) in [5.74, 6) is 0. The van der Waals surface area contributed by atoms with E-state index in [1.54, 1.807) is 31.1 Å². The lowest BCUT2D eigenvalue weighted by Crippen LogP contribution is -2.27. The molecule has 2 rings (SSSR count). The molecule has 9 heteroatoms. The molecule has 2 aromatic rings. The van der Waals surface area contributed by atoms with Crippen molar-refractivity contribution in [1.82, 2.24) is 4.90 Å². The molecule has 0 aliphatic heterocycles. The Labute approximate surface area is 154 Å². The van der Waals surface area contributed by atoms with Crippen LogP contribution >= 0.6 is 0 Å². The first-order valence-corrected chi connectivity index (χ1v) is 7.89. The van der Waals surface area contributed by atoms with Crippen LogP contribution in [-0.4, -0.2) is 30.5 Å². The molecule has 1 N–H and O–H groups in total. The van der Waals surface area contributed by atoms with E-state index in [0.717, 1.165) is 12.1 Å². The Morgan fingerprint density at radius 2 is 1.96 bits per heavy atom. The van der Waals surface area contributed by atoms with Crippen molar-refractivity contribution < 1.29 is 18.1 Å². The van der Waals surface area contributed by atoms with E-state index in [0.29, 0.717) is 11.3 Å². The van der Waals surface area contributed by atoms with Crippen LogP contribution in [-0.2, 0) is 6.18 Å². The normalized spacial score (nSPS) is 12.5. The van der Waals surface area contributed by atoms with E-state index >= 15 is 0 Å². The Hall–Kier alpha value is -3.12. The zero-order chi connectivity index (χ0) is 20.2. The van der Waals surface area contributed by atoms with E-state index in [2.05, 4.69) is 5.32 Å². The molecule has 142 valence electrons. The van der Waals surface area contributed by atoms with Gasteiger partial charge in [0.1, 0.15) is 11.6 Å². The summed E-state index contributed by atoms with van der Waals surface area (Å²) in [5.41, 5.74) is -0.176. The molecule has 0 aliphatic rings. The Morgan fingerprint density at radius 3 is 2.52 bits per heavy atom. The minimum absolute atomic E-state index is 0.0922. The minimum atomic E-state index is -4.43. The van der Waals surface area contributed by atoms with Crippen LogP contribution in [0.25, 0.3) is 0 Å². The van der Waals surface area contributed by atoms with Gasteiger partial charge in [0.2, 0.25) is 0 Å². The molecule has 0 bridgehead atoms. The van der Waals surface area contributed by atoms with Gasteiger partial charge in [-0.2, -0.15) is 18.4 Å². The molecule has 6 nitrogen and oxygen atoms in total. The summed E-state index contributed by atoms with van der Waals surface area (Å²) in [6, 6.07) is 10.5. The van der Waals surface area contributed by atoms with Gasteiger partial charge in [-0.3, -0.25) is 10.1 Å². The van der Waals surface area contributed by atoms with E-state index in [9.17, 15) is 23.3 Å². The van der Waals surface area contributed by atoms with Crippen LogP contribution in [0.1, 0.15) is 22.7 Å². The SMILES string of the molecule is CN(C)C(CNc1ccc([N+](=O)[O-])c(C#N)c1)c1cccc(C(F)(F)F)c1. The van der Waals surface area contributed by atoms with E-state index in [1.807, 2.05) is 0 Å². The predicted octanol–water partition coefficient (Wildman–Crippen LogP) is 4.20. The van der Waals surface area contributed by atoms with Crippen molar-refractivity contribution in [2.24, 2.45) is 0 Å². The van der Waals surface area contributed by atoms with Crippen molar-refractivity contribution in [2.75, 3.05) is 26.0 Å². The number of rotatable bonds is 6. The third kappa shape index (κ3) is 4.95. The number of nitriles is 1. The van der Waals surface area contributed by atoms with Gasteiger partial charge >= 0.3 is 6.18 Å². The Bertz CT molecular complexity index is 876. The number of benzene rings is 2. The number of hydrogen-bond acceptors (Lipinski definition) is 5. The zero-order valence-electron chi connectivity index (χ0n) is 14.6. The number of nitrogens with zero attached hydrogens (tertiary/aromatic N) is 3. The largest absolute Gasteiger partial charge is 0.416 e. The number of alkyl halides is 3. The number of halogens is 3. The van der Waals surface area contributed by atoms with Crippen LogP contribution in [0.15, 0.2) is 42.5 Å². The van der Waals surface area contributed by atoms with Crippen LogP contribution in [0.4, 0.5) is 24.5 Å². The van der Waals surface area contributed by atoms with E-state index in [-0.39, 0.29) is 23.8 Å². The molecule has 0 amide bonds. The van der Waals surface area contributed by atoms with Gasteiger partial charge in [0.05, 0.1) is 16.5 Å². The lowest BCUT2D eigenvalue weighted by atomic mass is 10.0. The van der Waals surface area contributed by atoms with Gasteiger partial charge < -0.3 is 10.2 Å². The molecule has 0 saturated carbocycles.